The molecular weight excluding hydrogens is 202 g/mol. The molecule has 0 saturated carbocycles. The number of hydrogen-bond donors (Lipinski definition) is 3. The summed E-state index contributed by atoms with van der Waals surface area (Å²) in [7, 11) is 0. The van der Waals surface area contributed by atoms with E-state index in [1.54, 1.807) is 0 Å². The first-order valence-electron chi connectivity index (χ1n) is 5.29. The van der Waals surface area contributed by atoms with E-state index in [1.165, 1.54) is 0 Å². The molecule has 0 saturated heterocycles. The van der Waals surface area contributed by atoms with Crippen LogP contribution >= 0.6 is 0 Å². The summed E-state index contributed by atoms with van der Waals surface area (Å²) in [4.78, 5) is 14.9. The molecule has 1 aromatic carbocycles. The number of nitrogens with two attached hydrogens (primary N) is 1. The maximum atomic E-state index is 11.8. The van der Waals surface area contributed by atoms with Gasteiger partial charge in [-0.1, -0.05) is 6.07 Å². The topological polar surface area (TPSA) is 70.9 Å². The van der Waals surface area contributed by atoms with E-state index >= 15 is 0 Å². The molecule has 1 aromatic heterocycles. The van der Waals surface area contributed by atoms with Crippen molar-refractivity contribution in [1.29, 1.82) is 0 Å². The summed E-state index contributed by atoms with van der Waals surface area (Å²) in [6, 6.07) is 7.54. The third kappa shape index (κ3) is 2.06. The lowest BCUT2D eigenvalue weighted by Gasteiger charge is -2.11. The molecule has 1 unspecified atom stereocenters. The van der Waals surface area contributed by atoms with Gasteiger partial charge in [-0.25, -0.2) is 0 Å². The largest absolute Gasteiger partial charge is 0.361 e. The number of rotatable bonds is 3. The van der Waals surface area contributed by atoms with E-state index in [0.717, 1.165) is 10.9 Å². The SMILES string of the molecule is CC(CN)NC(=O)c1ccc2cc[nH]c2c1. The average Bonchev–Trinajstić information content (AvgIpc) is 2.75. The van der Waals surface area contributed by atoms with Gasteiger partial charge in [0.05, 0.1) is 0 Å². The number of aromatic amines is 1. The third-order valence-corrected chi connectivity index (χ3v) is 2.55. The molecule has 1 atom stereocenters. The Balaban J connectivity index is 2.22. The van der Waals surface area contributed by atoms with Gasteiger partial charge < -0.3 is 16.0 Å². The first kappa shape index (κ1) is 10.7. The lowest BCUT2D eigenvalue weighted by Crippen LogP contribution is -2.37. The molecule has 0 radical (unpaired) electrons. The predicted molar refractivity (Wildman–Crippen MR) is 64.3 cm³/mol. The highest BCUT2D eigenvalue weighted by Crippen LogP contribution is 2.14. The summed E-state index contributed by atoms with van der Waals surface area (Å²) < 4.78 is 0. The number of aromatic nitrogens is 1. The van der Waals surface area contributed by atoms with E-state index in [9.17, 15) is 4.79 Å². The molecular formula is C12H15N3O. The van der Waals surface area contributed by atoms with Crippen LogP contribution in [0.1, 0.15) is 17.3 Å². The number of nitrogens with one attached hydrogen (secondary N) is 2. The standard InChI is InChI=1S/C12H15N3O/c1-8(7-13)15-12(16)10-3-2-9-4-5-14-11(9)6-10/h2-6,8,14H,7,13H2,1H3,(H,15,16). The molecule has 4 nitrogen and oxygen atoms in total. The highest BCUT2D eigenvalue weighted by molar-refractivity contribution is 5.98. The van der Waals surface area contributed by atoms with Crippen molar-refractivity contribution in [3.8, 4) is 0 Å². The van der Waals surface area contributed by atoms with Crippen LogP contribution in [0.5, 0.6) is 0 Å². The summed E-state index contributed by atoms with van der Waals surface area (Å²) in [5, 5.41) is 3.93. The maximum Gasteiger partial charge on any atom is 0.251 e. The van der Waals surface area contributed by atoms with Crippen LogP contribution in [0.4, 0.5) is 0 Å². The number of fused-ring (bicyclic) bond motifs is 1. The number of hydrogen-bond acceptors (Lipinski definition) is 2. The maximum absolute atomic E-state index is 11.8. The average molecular weight is 217 g/mol. The van der Waals surface area contributed by atoms with E-state index in [1.807, 2.05) is 37.4 Å². The Kier molecular flexibility index (Phi) is 2.92. The van der Waals surface area contributed by atoms with Crippen molar-refractivity contribution in [1.82, 2.24) is 10.3 Å². The van der Waals surface area contributed by atoms with Crippen LogP contribution in [0.3, 0.4) is 0 Å². The summed E-state index contributed by atoms with van der Waals surface area (Å²) in [6.07, 6.45) is 1.86. The minimum absolute atomic E-state index is 0.00756. The van der Waals surface area contributed by atoms with Crippen LogP contribution in [0.25, 0.3) is 10.9 Å². The Morgan fingerprint density at radius 2 is 2.31 bits per heavy atom. The van der Waals surface area contributed by atoms with Crippen LogP contribution in [-0.4, -0.2) is 23.5 Å². The van der Waals surface area contributed by atoms with Gasteiger partial charge >= 0.3 is 0 Å². The van der Waals surface area contributed by atoms with Crippen molar-refractivity contribution in [2.45, 2.75) is 13.0 Å². The van der Waals surface area contributed by atoms with E-state index < -0.39 is 0 Å². The second-order valence-corrected chi connectivity index (χ2v) is 3.89. The second kappa shape index (κ2) is 4.37. The molecule has 0 aliphatic carbocycles. The zero-order valence-corrected chi connectivity index (χ0v) is 9.16. The Hall–Kier alpha value is -1.81. The van der Waals surface area contributed by atoms with Crippen LogP contribution in [0.2, 0.25) is 0 Å². The van der Waals surface area contributed by atoms with Gasteiger partial charge in [0.1, 0.15) is 0 Å². The van der Waals surface area contributed by atoms with Gasteiger partial charge in [0.15, 0.2) is 0 Å². The molecule has 0 fully saturated rings. The molecule has 0 aliphatic heterocycles. The molecule has 2 aromatic rings. The second-order valence-electron chi connectivity index (χ2n) is 3.89. The highest BCUT2D eigenvalue weighted by atomic mass is 16.1. The Morgan fingerprint density at radius 1 is 1.50 bits per heavy atom. The van der Waals surface area contributed by atoms with E-state index in [2.05, 4.69) is 10.3 Å². The Morgan fingerprint density at radius 3 is 3.06 bits per heavy atom. The van der Waals surface area contributed by atoms with Crippen LogP contribution in [0.15, 0.2) is 30.5 Å². The number of H-pyrrole nitrogens is 1. The molecule has 84 valence electrons. The van der Waals surface area contributed by atoms with Crippen LogP contribution < -0.4 is 11.1 Å². The molecule has 16 heavy (non-hydrogen) atoms. The quantitative estimate of drug-likeness (QED) is 0.724. The Labute approximate surface area is 93.8 Å². The smallest absolute Gasteiger partial charge is 0.251 e. The van der Waals surface area contributed by atoms with Gasteiger partial charge in [-0.3, -0.25) is 4.79 Å². The fraction of sp³-hybridized carbons (Fsp3) is 0.250. The molecule has 1 heterocycles. The molecule has 0 aliphatic rings. The van der Waals surface area contributed by atoms with Gasteiger partial charge in [0, 0.05) is 29.9 Å². The molecule has 1 amide bonds. The van der Waals surface area contributed by atoms with Crippen molar-refractivity contribution in [3.63, 3.8) is 0 Å². The minimum atomic E-state index is -0.0885. The summed E-state index contributed by atoms with van der Waals surface area (Å²) in [6.45, 7) is 2.32. The molecule has 2 rings (SSSR count). The molecule has 0 bridgehead atoms. The lowest BCUT2D eigenvalue weighted by molar-refractivity contribution is 0.0941. The first-order chi connectivity index (χ1) is 7.70. The van der Waals surface area contributed by atoms with Crippen molar-refractivity contribution in [3.05, 3.63) is 36.0 Å². The normalized spacial score (nSPS) is 12.6. The summed E-state index contributed by atoms with van der Waals surface area (Å²) >= 11 is 0. The fourth-order valence-electron chi connectivity index (χ4n) is 1.56. The Bertz CT molecular complexity index is 504. The van der Waals surface area contributed by atoms with E-state index in [-0.39, 0.29) is 11.9 Å². The summed E-state index contributed by atoms with van der Waals surface area (Å²) in [5.74, 6) is -0.0885. The minimum Gasteiger partial charge on any atom is -0.361 e. The fourth-order valence-corrected chi connectivity index (χ4v) is 1.56. The van der Waals surface area contributed by atoms with Crippen LogP contribution in [-0.2, 0) is 0 Å². The number of benzene rings is 1. The zero-order valence-electron chi connectivity index (χ0n) is 9.16. The highest BCUT2D eigenvalue weighted by Gasteiger charge is 2.09. The monoisotopic (exact) mass is 217 g/mol. The van der Waals surface area contributed by atoms with Gasteiger partial charge in [0.25, 0.3) is 5.91 Å². The third-order valence-electron chi connectivity index (χ3n) is 2.55. The number of carbonyl (C=O) groups excluding carboxylic acids is 1. The van der Waals surface area contributed by atoms with Crippen molar-refractivity contribution >= 4 is 16.8 Å². The number of amides is 1. The van der Waals surface area contributed by atoms with Crippen LogP contribution in [0, 0.1) is 0 Å². The van der Waals surface area contributed by atoms with Crippen molar-refractivity contribution in [2.75, 3.05) is 6.54 Å². The van der Waals surface area contributed by atoms with Gasteiger partial charge in [-0.05, 0) is 30.5 Å². The molecule has 0 spiro atoms. The number of carbonyl (C=O) groups is 1. The van der Waals surface area contributed by atoms with Crippen molar-refractivity contribution < 1.29 is 4.79 Å². The molecule has 4 N–H and O–H groups in total. The lowest BCUT2D eigenvalue weighted by atomic mass is 10.1. The predicted octanol–water partition coefficient (Wildman–Crippen LogP) is 1.24. The van der Waals surface area contributed by atoms with Gasteiger partial charge in [0.2, 0.25) is 0 Å². The van der Waals surface area contributed by atoms with Gasteiger partial charge in [-0.15, -0.1) is 0 Å². The van der Waals surface area contributed by atoms with Crippen molar-refractivity contribution in [2.24, 2.45) is 5.73 Å². The zero-order chi connectivity index (χ0) is 11.5. The molecule has 4 heteroatoms. The first-order valence-corrected chi connectivity index (χ1v) is 5.29. The van der Waals surface area contributed by atoms with E-state index in [0.29, 0.717) is 12.1 Å². The summed E-state index contributed by atoms with van der Waals surface area (Å²) in [5.41, 5.74) is 7.07. The van der Waals surface area contributed by atoms with E-state index in [4.69, 9.17) is 5.73 Å². The van der Waals surface area contributed by atoms with Gasteiger partial charge in [-0.2, -0.15) is 0 Å².